The molecule has 2 bridgehead atoms. The molecule has 0 saturated heterocycles. The molecule has 2 aliphatic carbocycles. The van der Waals surface area contributed by atoms with Crippen LogP contribution in [0.4, 0.5) is 0 Å². The van der Waals surface area contributed by atoms with Crippen molar-refractivity contribution in [1.82, 2.24) is 4.90 Å². The van der Waals surface area contributed by atoms with E-state index in [4.69, 9.17) is 0 Å². The van der Waals surface area contributed by atoms with Gasteiger partial charge in [-0.3, -0.25) is 4.90 Å². The Balaban J connectivity index is 1.46. The molecule has 0 aromatic heterocycles. The van der Waals surface area contributed by atoms with Crippen LogP contribution < -0.4 is 0 Å². The molecule has 0 N–H and O–H groups in total. The first-order valence-corrected chi connectivity index (χ1v) is 7.77. The number of fused-ring (bicyclic) bond motifs is 3. The Labute approximate surface area is 116 Å². The minimum Gasteiger partial charge on any atom is -0.298 e. The van der Waals surface area contributed by atoms with E-state index in [0.717, 1.165) is 17.8 Å². The van der Waals surface area contributed by atoms with E-state index in [0.29, 0.717) is 0 Å². The van der Waals surface area contributed by atoms with E-state index in [1.807, 2.05) is 0 Å². The topological polar surface area (TPSA) is 3.24 Å². The molecule has 4 rings (SSSR count). The van der Waals surface area contributed by atoms with Crippen molar-refractivity contribution in [3.8, 4) is 0 Å². The number of allylic oxidation sites excluding steroid dienone is 2. The normalized spacial score (nSPS) is 32.8. The highest BCUT2D eigenvalue weighted by atomic mass is 15.1. The molecule has 3 aliphatic rings. The van der Waals surface area contributed by atoms with E-state index in [2.05, 4.69) is 42.2 Å². The van der Waals surface area contributed by atoms with Gasteiger partial charge in [-0.25, -0.2) is 0 Å². The summed E-state index contributed by atoms with van der Waals surface area (Å²) in [6.07, 6.45) is 9.07. The average Bonchev–Trinajstić information content (AvgIpc) is 3.01. The van der Waals surface area contributed by atoms with Gasteiger partial charge in [-0.15, -0.1) is 0 Å². The van der Waals surface area contributed by atoms with Gasteiger partial charge in [0.1, 0.15) is 0 Å². The second kappa shape index (κ2) is 4.49. The summed E-state index contributed by atoms with van der Waals surface area (Å²) < 4.78 is 0. The van der Waals surface area contributed by atoms with Gasteiger partial charge < -0.3 is 0 Å². The van der Waals surface area contributed by atoms with Crippen molar-refractivity contribution in [3.05, 3.63) is 47.0 Å². The third kappa shape index (κ3) is 2.04. The van der Waals surface area contributed by atoms with Crippen molar-refractivity contribution in [2.45, 2.75) is 32.7 Å². The van der Waals surface area contributed by atoms with Crippen LogP contribution in [-0.2, 0) is 13.0 Å². The molecule has 0 amide bonds. The van der Waals surface area contributed by atoms with Gasteiger partial charge in [-0.2, -0.15) is 0 Å². The Morgan fingerprint density at radius 3 is 2.95 bits per heavy atom. The van der Waals surface area contributed by atoms with E-state index in [-0.39, 0.29) is 0 Å². The van der Waals surface area contributed by atoms with Crippen molar-refractivity contribution in [1.29, 1.82) is 0 Å². The standard InChI is InChI=1S/C18H23N/c1-13-3-2-4-16-11-19(8-7-18(13)16)12-17-10-14-5-6-15(17)9-14/h2-6,14-15,17H,7-12H2,1H3. The Morgan fingerprint density at radius 2 is 2.16 bits per heavy atom. The monoisotopic (exact) mass is 253 g/mol. The zero-order valence-corrected chi connectivity index (χ0v) is 11.8. The van der Waals surface area contributed by atoms with Crippen LogP contribution >= 0.6 is 0 Å². The summed E-state index contributed by atoms with van der Waals surface area (Å²) in [5, 5.41) is 0. The van der Waals surface area contributed by atoms with E-state index >= 15 is 0 Å². The van der Waals surface area contributed by atoms with E-state index < -0.39 is 0 Å². The fourth-order valence-electron chi connectivity index (χ4n) is 4.45. The zero-order valence-electron chi connectivity index (χ0n) is 11.8. The van der Waals surface area contributed by atoms with E-state index in [1.54, 1.807) is 11.1 Å². The molecule has 100 valence electrons. The van der Waals surface area contributed by atoms with Crippen LogP contribution in [0, 0.1) is 24.7 Å². The average molecular weight is 253 g/mol. The van der Waals surface area contributed by atoms with Gasteiger partial charge >= 0.3 is 0 Å². The highest BCUT2D eigenvalue weighted by Crippen LogP contribution is 2.44. The Bertz CT molecular complexity index is 516. The highest BCUT2D eigenvalue weighted by Gasteiger charge is 2.36. The zero-order chi connectivity index (χ0) is 12.8. The number of hydrogen-bond donors (Lipinski definition) is 0. The molecular weight excluding hydrogens is 230 g/mol. The van der Waals surface area contributed by atoms with Gasteiger partial charge in [0, 0.05) is 19.6 Å². The van der Waals surface area contributed by atoms with Crippen LogP contribution in [0.25, 0.3) is 0 Å². The van der Waals surface area contributed by atoms with Crippen LogP contribution in [-0.4, -0.2) is 18.0 Å². The predicted molar refractivity (Wildman–Crippen MR) is 79.0 cm³/mol. The lowest BCUT2D eigenvalue weighted by atomic mass is 9.90. The lowest BCUT2D eigenvalue weighted by Gasteiger charge is -2.33. The smallest absolute Gasteiger partial charge is 0.0236 e. The minimum absolute atomic E-state index is 0.893. The van der Waals surface area contributed by atoms with Crippen molar-refractivity contribution >= 4 is 0 Å². The first-order valence-electron chi connectivity index (χ1n) is 7.77. The maximum Gasteiger partial charge on any atom is 0.0236 e. The molecule has 1 aliphatic heterocycles. The van der Waals surface area contributed by atoms with Gasteiger partial charge in [0.15, 0.2) is 0 Å². The fraction of sp³-hybridized carbons (Fsp3) is 0.556. The molecule has 1 saturated carbocycles. The van der Waals surface area contributed by atoms with Gasteiger partial charge in [-0.05, 0) is 60.6 Å². The minimum atomic E-state index is 0.893. The van der Waals surface area contributed by atoms with Crippen LogP contribution in [0.5, 0.6) is 0 Å². The molecule has 19 heavy (non-hydrogen) atoms. The third-order valence-corrected chi connectivity index (χ3v) is 5.49. The second-order valence-corrected chi connectivity index (χ2v) is 6.74. The molecule has 1 aromatic rings. The lowest BCUT2D eigenvalue weighted by molar-refractivity contribution is 0.199. The quantitative estimate of drug-likeness (QED) is 0.728. The molecular formula is C18H23N. The fourth-order valence-corrected chi connectivity index (χ4v) is 4.45. The predicted octanol–water partition coefficient (Wildman–Crippen LogP) is 3.57. The third-order valence-electron chi connectivity index (χ3n) is 5.49. The summed E-state index contributed by atoms with van der Waals surface area (Å²) in [7, 11) is 0. The molecule has 1 nitrogen and oxygen atoms in total. The number of hydrogen-bond acceptors (Lipinski definition) is 1. The SMILES string of the molecule is Cc1cccc2c1CCN(CC1CC3C=CC1C3)C2. The molecule has 1 heterocycles. The summed E-state index contributed by atoms with van der Waals surface area (Å²) in [6, 6.07) is 6.81. The van der Waals surface area contributed by atoms with E-state index in [1.165, 1.54) is 44.5 Å². The highest BCUT2D eigenvalue weighted by molar-refractivity contribution is 5.36. The summed E-state index contributed by atoms with van der Waals surface area (Å²) in [5.74, 6) is 2.74. The molecule has 0 radical (unpaired) electrons. The number of benzene rings is 1. The van der Waals surface area contributed by atoms with Crippen LogP contribution in [0.3, 0.4) is 0 Å². The van der Waals surface area contributed by atoms with Crippen LogP contribution in [0.15, 0.2) is 30.4 Å². The van der Waals surface area contributed by atoms with Crippen molar-refractivity contribution in [2.75, 3.05) is 13.1 Å². The lowest BCUT2D eigenvalue weighted by Crippen LogP contribution is -2.36. The van der Waals surface area contributed by atoms with Crippen molar-refractivity contribution in [3.63, 3.8) is 0 Å². The van der Waals surface area contributed by atoms with Gasteiger partial charge in [0.05, 0.1) is 0 Å². The second-order valence-electron chi connectivity index (χ2n) is 6.74. The molecule has 0 spiro atoms. The number of nitrogens with zero attached hydrogens (tertiary/aromatic N) is 1. The summed E-state index contributed by atoms with van der Waals surface area (Å²) in [4.78, 5) is 2.70. The van der Waals surface area contributed by atoms with Crippen LogP contribution in [0.2, 0.25) is 0 Å². The molecule has 3 atom stereocenters. The van der Waals surface area contributed by atoms with Gasteiger partial charge in [0.2, 0.25) is 0 Å². The first-order chi connectivity index (χ1) is 9.29. The maximum atomic E-state index is 2.70. The Kier molecular flexibility index (Phi) is 2.77. The number of rotatable bonds is 2. The van der Waals surface area contributed by atoms with Gasteiger partial charge in [0.25, 0.3) is 0 Å². The summed E-state index contributed by atoms with van der Waals surface area (Å²) in [5.41, 5.74) is 4.68. The van der Waals surface area contributed by atoms with Crippen LogP contribution in [0.1, 0.15) is 29.5 Å². The first kappa shape index (κ1) is 11.7. The summed E-state index contributed by atoms with van der Waals surface area (Å²) in [6.45, 7) is 6.01. The molecule has 1 heteroatoms. The van der Waals surface area contributed by atoms with Crippen molar-refractivity contribution in [2.24, 2.45) is 17.8 Å². The maximum absolute atomic E-state index is 2.70. The Morgan fingerprint density at radius 1 is 1.21 bits per heavy atom. The molecule has 3 unspecified atom stereocenters. The molecule has 1 fully saturated rings. The van der Waals surface area contributed by atoms with Gasteiger partial charge in [-0.1, -0.05) is 30.4 Å². The number of aryl methyl sites for hydroxylation is 1. The molecule has 1 aromatic carbocycles. The van der Waals surface area contributed by atoms with E-state index in [9.17, 15) is 0 Å². The largest absolute Gasteiger partial charge is 0.298 e. The summed E-state index contributed by atoms with van der Waals surface area (Å²) >= 11 is 0. The Hall–Kier alpha value is -1.08. The van der Waals surface area contributed by atoms with Crippen molar-refractivity contribution < 1.29 is 0 Å².